The van der Waals surface area contributed by atoms with Crippen molar-refractivity contribution in [3.05, 3.63) is 30.7 Å². The van der Waals surface area contributed by atoms with Gasteiger partial charge in [-0.3, -0.25) is 9.58 Å². The summed E-state index contributed by atoms with van der Waals surface area (Å²) in [5.74, 6) is 2.09. The van der Waals surface area contributed by atoms with Gasteiger partial charge in [-0.1, -0.05) is 0 Å². The summed E-state index contributed by atoms with van der Waals surface area (Å²) in [6.45, 7) is 6.00. The molecule has 0 radical (unpaired) electrons. The zero-order valence-corrected chi connectivity index (χ0v) is 14.3. The number of rotatable bonds is 3. The van der Waals surface area contributed by atoms with Crippen LogP contribution >= 0.6 is 0 Å². The Morgan fingerprint density at radius 2 is 2.04 bits per heavy atom. The molecule has 1 aliphatic heterocycles. The standard InChI is InChI=1S/C16H22N8/c1-12-9-24(7-6-23(12)10-14-17-4-5-21(14)2)16-13-8-20-22(3)15(13)18-11-19-16/h4-5,8,11-12H,6-7,9-10H2,1-3H3/t12-/m1/s1. The van der Waals surface area contributed by atoms with Crippen molar-refractivity contribution in [2.75, 3.05) is 24.5 Å². The molecule has 0 N–H and O–H groups in total. The van der Waals surface area contributed by atoms with Crippen LogP contribution in [0.25, 0.3) is 11.0 Å². The number of imidazole rings is 1. The normalized spacial score (nSPS) is 19.3. The molecule has 4 rings (SSSR count). The Kier molecular flexibility index (Phi) is 3.68. The molecule has 3 aromatic rings. The van der Waals surface area contributed by atoms with Crippen molar-refractivity contribution >= 4 is 16.9 Å². The Morgan fingerprint density at radius 3 is 2.79 bits per heavy atom. The van der Waals surface area contributed by atoms with Crippen molar-refractivity contribution < 1.29 is 0 Å². The number of anilines is 1. The fourth-order valence-electron chi connectivity index (χ4n) is 3.35. The van der Waals surface area contributed by atoms with E-state index >= 15 is 0 Å². The first kappa shape index (κ1) is 15.1. The minimum absolute atomic E-state index is 0.428. The number of piperazine rings is 1. The van der Waals surface area contributed by atoms with Crippen LogP contribution in [0.1, 0.15) is 12.7 Å². The van der Waals surface area contributed by atoms with Gasteiger partial charge in [0.1, 0.15) is 18.0 Å². The second kappa shape index (κ2) is 5.86. The molecule has 0 spiro atoms. The average molecular weight is 326 g/mol. The maximum Gasteiger partial charge on any atom is 0.163 e. The van der Waals surface area contributed by atoms with Gasteiger partial charge in [0.05, 0.1) is 18.1 Å². The number of aromatic nitrogens is 6. The minimum atomic E-state index is 0.428. The number of fused-ring (bicyclic) bond motifs is 1. The molecule has 0 aliphatic carbocycles. The molecule has 0 bridgehead atoms. The van der Waals surface area contributed by atoms with E-state index in [9.17, 15) is 0 Å². The molecule has 8 nitrogen and oxygen atoms in total. The molecule has 1 aliphatic rings. The summed E-state index contributed by atoms with van der Waals surface area (Å²) >= 11 is 0. The first-order valence-electron chi connectivity index (χ1n) is 8.21. The molecule has 8 heteroatoms. The summed E-state index contributed by atoms with van der Waals surface area (Å²) in [6, 6.07) is 0.428. The molecule has 1 fully saturated rings. The second-order valence-corrected chi connectivity index (χ2v) is 6.42. The van der Waals surface area contributed by atoms with Crippen molar-refractivity contribution in [1.82, 2.24) is 34.2 Å². The van der Waals surface area contributed by atoms with E-state index in [1.54, 1.807) is 11.0 Å². The average Bonchev–Trinajstić information content (AvgIpc) is 3.16. The number of nitrogens with zero attached hydrogens (tertiary/aromatic N) is 8. The van der Waals surface area contributed by atoms with Gasteiger partial charge in [0.15, 0.2) is 5.65 Å². The Morgan fingerprint density at radius 1 is 1.17 bits per heavy atom. The van der Waals surface area contributed by atoms with E-state index in [0.717, 1.165) is 48.9 Å². The van der Waals surface area contributed by atoms with Gasteiger partial charge in [0, 0.05) is 52.2 Å². The maximum atomic E-state index is 4.52. The summed E-state index contributed by atoms with van der Waals surface area (Å²) in [5.41, 5.74) is 0.878. The lowest BCUT2D eigenvalue weighted by molar-refractivity contribution is 0.175. The van der Waals surface area contributed by atoms with E-state index in [2.05, 4.69) is 41.3 Å². The molecule has 0 aromatic carbocycles. The fourth-order valence-corrected chi connectivity index (χ4v) is 3.35. The minimum Gasteiger partial charge on any atom is -0.353 e. The van der Waals surface area contributed by atoms with Gasteiger partial charge in [-0.25, -0.2) is 15.0 Å². The highest BCUT2D eigenvalue weighted by Gasteiger charge is 2.26. The van der Waals surface area contributed by atoms with Gasteiger partial charge < -0.3 is 9.47 Å². The molecule has 0 unspecified atom stereocenters. The lowest BCUT2D eigenvalue weighted by atomic mass is 10.2. The van der Waals surface area contributed by atoms with Crippen LogP contribution in [0.5, 0.6) is 0 Å². The topological polar surface area (TPSA) is 67.9 Å². The number of hydrogen-bond donors (Lipinski definition) is 0. The molecular formula is C16H22N8. The highest BCUT2D eigenvalue weighted by molar-refractivity contribution is 5.86. The first-order chi connectivity index (χ1) is 11.6. The summed E-state index contributed by atoms with van der Waals surface area (Å²) in [4.78, 5) is 18.1. The Labute approximate surface area is 140 Å². The van der Waals surface area contributed by atoms with Crippen LogP contribution in [-0.2, 0) is 20.6 Å². The molecule has 0 amide bonds. The Hall–Kier alpha value is -2.48. The Bertz CT molecular complexity index is 851. The van der Waals surface area contributed by atoms with E-state index in [1.165, 1.54) is 0 Å². The zero-order chi connectivity index (χ0) is 16.7. The summed E-state index contributed by atoms with van der Waals surface area (Å²) in [6.07, 6.45) is 7.34. The van der Waals surface area contributed by atoms with Crippen molar-refractivity contribution in [1.29, 1.82) is 0 Å². The number of aryl methyl sites for hydroxylation is 2. The molecule has 1 saturated heterocycles. The van der Waals surface area contributed by atoms with E-state index in [4.69, 9.17) is 0 Å². The third-order valence-corrected chi connectivity index (χ3v) is 4.84. The van der Waals surface area contributed by atoms with Gasteiger partial charge in [-0.05, 0) is 6.92 Å². The monoisotopic (exact) mass is 326 g/mol. The predicted molar refractivity (Wildman–Crippen MR) is 91.6 cm³/mol. The second-order valence-electron chi connectivity index (χ2n) is 6.42. The third-order valence-electron chi connectivity index (χ3n) is 4.84. The van der Waals surface area contributed by atoms with Crippen LogP contribution in [-0.4, -0.2) is 59.9 Å². The summed E-state index contributed by atoms with van der Waals surface area (Å²) in [7, 11) is 3.95. The van der Waals surface area contributed by atoms with Crippen LogP contribution < -0.4 is 4.90 Å². The van der Waals surface area contributed by atoms with Crippen molar-refractivity contribution in [3.8, 4) is 0 Å². The summed E-state index contributed by atoms with van der Waals surface area (Å²) in [5, 5.41) is 5.33. The highest BCUT2D eigenvalue weighted by Crippen LogP contribution is 2.25. The SMILES string of the molecule is C[C@@H]1CN(c2ncnc3c2cnn3C)CCN1Cc1nccn1C. The van der Waals surface area contributed by atoms with Crippen molar-refractivity contribution in [3.63, 3.8) is 0 Å². The van der Waals surface area contributed by atoms with E-state index in [0.29, 0.717) is 6.04 Å². The predicted octanol–water partition coefficient (Wildman–Crippen LogP) is 0.807. The van der Waals surface area contributed by atoms with Crippen LogP contribution in [0.4, 0.5) is 5.82 Å². The molecular weight excluding hydrogens is 304 g/mol. The molecule has 126 valence electrons. The largest absolute Gasteiger partial charge is 0.353 e. The van der Waals surface area contributed by atoms with E-state index in [1.807, 2.05) is 32.7 Å². The molecule has 0 saturated carbocycles. The molecule has 4 heterocycles. The van der Waals surface area contributed by atoms with Crippen LogP contribution in [0.2, 0.25) is 0 Å². The maximum absolute atomic E-state index is 4.52. The van der Waals surface area contributed by atoms with Gasteiger partial charge in [0.25, 0.3) is 0 Å². The van der Waals surface area contributed by atoms with Gasteiger partial charge in [-0.15, -0.1) is 0 Å². The Balaban J connectivity index is 1.53. The lowest BCUT2D eigenvalue weighted by Gasteiger charge is -2.40. The smallest absolute Gasteiger partial charge is 0.163 e. The highest BCUT2D eigenvalue weighted by atomic mass is 15.3. The van der Waals surface area contributed by atoms with Gasteiger partial charge in [-0.2, -0.15) is 5.10 Å². The van der Waals surface area contributed by atoms with Crippen LogP contribution in [0.3, 0.4) is 0 Å². The van der Waals surface area contributed by atoms with Crippen molar-refractivity contribution in [2.24, 2.45) is 14.1 Å². The molecule has 3 aromatic heterocycles. The quantitative estimate of drug-likeness (QED) is 0.709. The van der Waals surface area contributed by atoms with Crippen molar-refractivity contribution in [2.45, 2.75) is 19.5 Å². The summed E-state index contributed by atoms with van der Waals surface area (Å²) < 4.78 is 3.88. The first-order valence-corrected chi connectivity index (χ1v) is 8.21. The van der Waals surface area contributed by atoms with Crippen LogP contribution in [0, 0.1) is 0 Å². The molecule has 1 atom stereocenters. The van der Waals surface area contributed by atoms with E-state index < -0.39 is 0 Å². The van der Waals surface area contributed by atoms with E-state index in [-0.39, 0.29) is 0 Å². The van der Waals surface area contributed by atoms with Gasteiger partial charge >= 0.3 is 0 Å². The lowest BCUT2D eigenvalue weighted by Crippen LogP contribution is -2.52. The third kappa shape index (κ3) is 2.52. The zero-order valence-electron chi connectivity index (χ0n) is 14.3. The van der Waals surface area contributed by atoms with Crippen LogP contribution in [0.15, 0.2) is 24.9 Å². The molecule has 24 heavy (non-hydrogen) atoms. The fraction of sp³-hybridized carbons (Fsp3) is 0.500. The number of hydrogen-bond acceptors (Lipinski definition) is 6. The van der Waals surface area contributed by atoms with Gasteiger partial charge in [0.2, 0.25) is 0 Å².